The maximum absolute atomic E-state index is 9.19. The fraction of sp³-hybridized carbons (Fsp3) is 0.500. The van der Waals surface area contributed by atoms with Crippen LogP contribution in [0.25, 0.3) is 0 Å². The van der Waals surface area contributed by atoms with Gasteiger partial charge in [-0.25, -0.2) is 0 Å². The van der Waals surface area contributed by atoms with Gasteiger partial charge in [0.1, 0.15) is 0 Å². The third-order valence-corrected chi connectivity index (χ3v) is 3.99. The van der Waals surface area contributed by atoms with Crippen LogP contribution in [0.3, 0.4) is 0 Å². The Hall–Kier alpha value is -0.250. The van der Waals surface area contributed by atoms with Crippen LogP contribution in [-0.4, -0.2) is 25.0 Å². The molecule has 1 heterocycles. The lowest BCUT2D eigenvalue weighted by Gasteiger charge is -2.11. The minimum Gasteiger partial charge on any atom is -0.449 e. The SMILES string of the molecule is OBc1sc2c(c1BO)CCCC2. The summed E-state index contributed by atoms with van der Waals surface area (Å²) in [5.41, 5.74) is 2.32. The van der Waals surface area contributed by atoms with Gasteiger partial charge in [-0.15, -0.1) is 0 Å². The second-order valence-corrected chi connectivity index (χ2v) is 4.62. The van der Waals surface area contributed by atoms with Gasteiger partial charge < -0.3 is 10.0 Å². The molecule has 0 aliphatic heterocycles. The van der Waals surface area contributed by atoms with Crippen molar-refractivity contribution in [2.24, 2.45) is 0 Å². The van der Waals surface area contributed by atoms with E-state index in [4.69, 9.17) is 5.02 Å². The van der Waals surface area contributed by atoms with E-state index in [-0.39, 0.29) is 15.0 Å². The van der Waals surface area contributed by atoms with E-state index in [1.807, 2.05) is 0 Å². The lowest BCUT2D eigenvalue weighted by Crippen LogP contribution is -2.34. The lowest BCUT2D eigenvalue weighted by molar-refractivity contribution is 0.611. The smallest absolute Gasteiger partial charge is 0.314 e. The normalized spacial score (nSPS) is 15.2. The standard InChI is InChI=1S/C8H12B2O2S/c11-9-7-5-3-1-2-4-6(5)13-8(7)10-12/h9-12H,1-4H2. The number of rotatable bonds is 2. The minimum absolute atomic E-state index is 0.0769. The average molecular weight is 194 g/mol. The highest BCUT2D eigenvalue weighted by atomic mass is 32.1. The summed E-state index contributed by atoms with van der Waals surface area (Å²) < 4.78 is 0.967. The fourth-order valence-corrected chi connectivity index (χ4v) is 3.27. The predicted molar refractivity (Wildman–Crippen MR) is 59.0 cm³/mol. The molecular formula is C8H12B2O2S. The number of thiophene rings is 1. The minimum atomic E-state index is 0.0769. The number of hydrogen-bond acceptors (Lipinski definition) is 3. The zero-order valence-corrected chi connectivity index (χ0v) is 8.36. The molecule has 1 aromatic heterocycles. The van der Waals surface area contributed by atoms with Crippen molar-refractivity contribution in [3.8, 4) is 0 Å². The van der Waals surface area contributed by atoms with E-state index in [0.717, 1.165) is 23.1 Å². The largest absolute Gasteiger partial charge is 0.449 e. The third kappa shape index (κ3) is 1.56. The summed E-state index contributed by atoms with van der Waals surface area (Å²) in [5, 5.41) is 18.3. The first-order chi connectivity index (χ1) is 6.36. The molecule has 0 fully saturated rings. The zero-order chi connectivity index (χ0) is 9.26. The van der Waals surface area contributed by atoms with Gasteiger partial charge in [-0.1, -0.05) is 0 Å². The van der Waals surface area contributed by atoms with Crippen molar-refractivity contribution >= 4 is 36.5 Å². The maximum Gasteiger partial charge on any atom is 0.314 e. The molecule has 1 aromatic rings. The van der Waals surface area contributed by atoms with Crippen LogP contribution in [0.4, 0.5) is 0 Å². The van der Waals surface area contributed by atoms with Crippen LogP contribution >= 0.6 is 11.3 Å². The Morgan fingerprint density at radius 1 is 1.08 bits per heavy atom. The summed E-state index contributed by atoms with van der Waals surface area (Å²) in [5.74, 6) is 0. The molecule has 0 bridgehead atoms. The highest BCUT2D eigenvalue weighted by Gasteiger charge is 2.20. The van der Waals surface area contributed by atoms with Gasteiger partial charge in [-0.05, 0) is 41.5 Å². The van der Waals surface area contributed by atoms with Crippen LogP contribution in [0.2, 0.25) is 0 Å². The first-order valence-electron chi connectivity index (χ1n) is 4.70. The Balaban J connectivity index is 2.44. The molecule has 0 spiro atoms. The first kappa shape index (κ1) is 9.31. The van der Waals surface area contributed by atoms with E-state index in [0.29, 0.717) is 0 Å². The van der Waals surface area contributed by atoms with E-state index in [2.05, 4.69) is 0 Å². The van der Waals surface area contributed by atoms with Crippen molar-refractivity contribution < 1.29 is 10.0 Å². The quantitative estimate of drug-likeness (QED) is 0.566. The van der Waals surface area contributed by atoms with Crippen LogP contribution in [0.15, 0.2) is 0 Å². The third-order valence-electron chi connectivity index (χ3n) is 2.67. The van der Waals surface area contributed by atoms with Crippen LogP contribution < -0.4 is 10.2 Å². The van der Waals surface area contributed by atoms with Crippen LogP contribution in [0.5, 0.6) is 0 Å². The van der Waals surface area contributed by atoms with Gasteiger partial charge >= 0.3 is 15.0 Å². The molecule has 0 amide bonds. The molecule has 13 heavy (non-hydrogen) atoms. The summed E-state index contributed by atoms with van der Waals surface area (Å²) in [7, 11) is 0.162. The van der Waals surface area contributed by atoms with Gasteiger partial charge in [0.15, 0.2) is 0 Å². The molecule has 1 aliphatic rings. The monoisotopic (exact) mass is 194 g/mol. The molecule has 2 rings (SSSR count). The van der Waals surface area contributed by atoms with Gasteiger partial charge in [-0.3, -0.25) is 0 Å². The Kier molecular flexibility index (Phi) is 2.77. The molecule has 1 aliphatic carbocycles. The Labute approximate surface area is 83.2 Å². The van der Waals surface area contributed by atoms with Crippen molar-refractivity contribution in [1.82, 2.24) is 0 Å². The first-order valence-corrected chi connectivity index (χ1v) is 5.52. The van der Waals surface area contributed by atoms with Gasteiger partial charge in [0.2, 0.25) is 0 Å². The van der Waals surface area contributed by atoms with Crippen molar-refractivity contribution in [3.63, 3.8) is 0 Å². The Morgan fingerprint density at radius 2 is 1.85 bits per heavy atom. The fourth-order valence-electron chi connectivity index (χ4n) is 2.00. The molecule has 0 radical (unpaired) electrons. The summed E-state index contributed by atoms with van der Waals surface area (Å²) in [6.07, 6.45) is 4.69. The summed E-state index contributed by atoms with van der Waals surface area (Å²) in [6.45, 7) is 0. The van der Waals surface area contributed by atoms with E-state index in [1.165, 1.54) is 23.3 Å². The Bertz CT molecular complexity index is 301. The van der Waals surface area contributed by atoms with Gasteiger partial charge in [-0.2, -0.15) is 11.3 Å². The molecule has 0 aromatic carbocycles. The summed E-state index contributed by atoms with van der Waals surface area (Å²) in [4.78, 5) is 1.39. The highest BCUT2D eigenvalue weighted by Crippen LogP contribution is 2.22. The second-order valence-electron chi connectivity index (χ2n) is 3.43. The molecule has 0 saturated heterocycles. The van der Waals surface area contributed by atoms with Crippen molar-refractivity contribution in [3.05, 3.63) is 10.4 Å². The second kappa shape index (κ2) is 3.86. The maximum atomic E-state index is 9.19. The van der Waals surface area contributed by atoms with E-state index >= 15 is 0 Å². The molecule has 0 atom stereocenters. The molecule has 68 valence electrons. The highest BCUT2D eigenvalue weighted by molar-refractivity contribution is 7.22. The van der Waals surface area contributed by atoms with Crippen molar-refractivity contribution in [2.45, 2.75) is 25.7 Å². The van der Waals surface area contributed by atoms with Crippen LogP contribution in [0.1, 0.15) is 23.3 Å². The molecule has 5 heteroatoms. The molecule has 2 N–H and O–H groups in total. The average Bonchev–Trinajstić information content (AvgIpc) is 2.55. The molecule has 0 saturated carbocycles. The Morgan fingerprint density at radius 3 is 2.54 bits per heavy atom. The number of fused-ring (bicyclic) bond motifs is 1. The van der Waals surface area contributed by atoms with E-state index in [9.17, 15) is 5.02 Å². The summed E-state index contributed by atoms with van der Waals surface area (Å²) >= 11 is 1.68. The predicted octanol–water partition coefficient (Wildman–Crippen LogP) is -1.43. The van der Waals surface area contributed by atoms with Crippen molar-refractivity contribution in [2.75, 3.05) is 0 Å². The van der Waals surface area contributed by atoms with Crippen LogP contribution in [-0.2, 0) is 12.8 Å². The zero-order valence-electron chi connectivity index (χ0n) is 7.55. The lowest BCUT2D eigenvalue weighted by atomic mass is 9.75. The summed E-state index contributed by atoms with van der Waals surface area (Å²) in [6, 6.07) is 0. The van der Waals surface area contributed by atoms with Gasteiger partial charge in [0.25, 0.3) is 0 Å². The number of hydrogen-bond donors (Lipinski definition) is 2. The van der Waals surface area contributed by atoms with Crippen molar-refractivity contribution in [1.29, 1.82) is 0 Å². The van der Waals surface area contributed by atoms with E-state index in [1.54, 1.807) is 11.3 Å². The molecular weight excluding hydrogens is 182 g/mol. The molecule has 0 unspecified atom stereocenters. The van der Waals surface area contributed by atoms with E-state index < -0.39 is 0 Å². The molecule has 2 nitrogen and oxygen atoms in total. The van der Waals surface area contributed by atoms with Gasteiger partial charge in [0.05, 0.1) is 0 Å². The van der Waals surface area contributed by atoms with Gasteiger partial charge in [0, 0.05) is 4.88 Å². The van der Waals surface area contributed by atoms with Crippen LogP contribution in [0, 0.1) is 0 Å². The topological polar surface area (TPSA) is 40.5 Å². The number of aryl methyl sites for hydroxylation is 1.